The summed E-state index contributed by atoms with van der Waals surface area (Å²) < 4.78 is 0. The van der Waals surface area contributed by atoms with Crippen molar-refractivity contribution in [2.24, 2.45) is 5.92 Å². The molecule has 1 aromatic carbocycles. The number of nitrogens with one attached hydrogen (secondary N) is 1. The number of piperazine rings is 1. The van der Waals surface area contributed by atoms with E-state index in [0.717, 1.165) is 62.3 Å². The third-order valence-electron chi connectivity index (χ3n) is 7.44. The Kier molecular flexibility index (Phi) is 6.27. The summed E-state index contributed by atoms with van der Waals surface area (Å²) in [6.45, 7) is 5.28. The molecule has 2 saturated heterocycles. The first-order chi connectivity index (χ1) is 15.9. The molecule has 2 atom stereocenters. The number of hydrogen-bond acceptors (Lipinski definition) is 4. The van der Waals surface area contributed by atoms with Crippen LogP contribution in [-0.2, 0) is 28.9 Å². The average molecular weight is 490 g/mol. The minimum atomic E-state index is -0.0873. The molecule has 7 nitrogen and oxygen atoms in total. The number of carbonyl (C=O) groups excluding carboxylic acids is 2. The molecular weight excluding hydrogens is 461 g/mol. The Hall–Kier alpha value is -2.25. The molecule has 1 aromatic heterocycles. The summed E-state index contributed by atoms with van der Waals surface area (Å²) in [4.78, 5) is 31.0. The topological polar surface area (TPSA) is 72.5 Å². The van der Waals surface area contributed by atoms with Crippen LogP contribution in [0, 0.1) is 5.92 Å². The van der Waals surface area contributed by atoms with Crippen LogP contribution in [0.3, 0.4) is 0 Å². The standard InChI is InChI=1S/C24H29Cl2N5O2/c1-15(32)29-6-8-30(9-7-29)19-12-21(25)20(22(26)13-19)11-16-4-5-31(24(16)33)18-2-3-23-17(10-18)14-27-28-23/h12-14,16,18H,2-11H2,1H3,(H,27,28)/t16-,18?/m0/s1. The Morgan fingerprint density at radius 3 is 2.55 bits per heavy atom. The van der Waals surface area contributed by atoms with Gasteiger partial charge in [0.1, 0.15) is 0 Å². The molecule has 2 fully saturated rings. The lowest BCUT2D eigenvalue weighted by Crippen LogP contribution is -2.48. The number of benzene rings is 1. The molecule has 2 aromatic rings. The Labute approximate surface area is 204 Å². The van der Waals surface area contributed by atoms with E-state index in [2.05, 4.69) is 20.0 Å². The molecule has 1 N–H and O–H groups in total. The van der Waals surface area contributed by atoms with Crippen LogP contribution in [0.4, 0.5) is 5.69 Å². The highest BCUT2D eigenvalue weighted by Crippen LogP contribution is 2.36. The molecule has 0 spiro atoms. The number of aromatic nitrogens is 2. The number of halogens is 2. The lowest BCUT2D eigenvalue weighted by molar-refractivity contribution is -0.133. The van der Waals surface area contributed by atoms with E-state index < -0.39 is 0 Å². The van der Waals surface area contributed by atoms with Crippen molar-refractivity contribution in [1.29, 1.82) is 0 Å². The number of rotatable bonds is 4. The molecule has 9 heteroatoms. The first-order valence-corrected chi connectivity index (χ1v) is 12.5. The Balaban J connectivity index is 1.24. The minimum absolute atomic E-state index is 0.0873. The number of aromatic amines is 1. The molecule has 2 aliphatic heterocycles. The molecule has 176 valence electrons. The fraction of sp³-hybridized carbons (Fsp3) is 0.542. The summed E-state index contributed by atoms with van der Waals surface area (Å²) >= 11 is 13.4. The van der Waals surface area contributed by atoms with Gasteiger partial charge in [0, 0.05) is 73.5 Å². The molecular formula is C24H29Cl2N5O2. The Morgan fingerprint density at radius 2 is 1.85 bits per heavy atom. The maximum atomic E-state index is 13.3. The highest BCUT2D eigenvalue weighted by Gasteiger charge is 2.38. The number of nitrogens with zero attached hydrogens (tertiary/aromatic N) is 4. The van der Waals surface area contributed by atoms with Crippen molar-refractivity contribution in [2.45, 2.75) is 45.1 Å². The van der Waals surface area contributed by atoms with Gasteiger partial charge in [-0.1, -0.05) is 23.2 Å². The second-order valence-electron chi connectivity index (χ2n) is 9.36. The van der Waals surface area contributed by atoms with Crippen molar-refractivity contribution in [3.05, 3.63) is 45.2 Å². The maximum Gasteiger partial charge on any atom is 0.226 e. The number of likely N-dealkylation sites (tertiary alicyclic amines) is 1. The van der Waals surface area contributed by atoms with Gasteiger partial charge in [-0.3, -0.25) is 14.7 Å². The quantitative estimate of drug-likeness (QED) is 0.714. The normalized spacial score (nSPS) is 23.2. The van der Waals surface area contributed by atoms with Crippen molar-refractivity contribution in [3.63, 3.8) is 0 Å². The van der Waals surface area contributed by atoms with Crippen LogP contribution in [0.1, 0.15) is 36.6 Å². The summed E-state index contributed by atoms with van der Waals surface area (Å²) in [5, 5.41) is 8.47. The number of fused-ring (bicyclic) bond motifs is 1. The first kappa shape index (κ1) is 22.5. The van der Waals surface area contributed by atoms with Gasteiger partial charge in [0.05, 0.1) is 5.69 Å². The monoisotopic (exact) mass is 489 g/mol. The number of amides is 2. The van der Waals surface area contributed by atoms with Crippen LogP contribution in [0.5, 0.6) is 0 Å². The van der Waals surface area contributed by atoms with Gasteiger partial charge in [0.25, 0.3) is 0 Å². The van der Waals surface area contributed by atoms with E-state index in [1.54, 1.807) is 6.92 Å². The summed E-state index contributed by atoms with van der Waals surface area (Å²) in [5.41, 5.74) is 4.18. The highest BCUT2D eigenvalue weighted by molar-refractivity contribution is 6.36. The molecule has 1 aliphatic carbocycles. The molecule has 1 unspecified atom stereocenters. The van der Waals surface area contributed by atoms with Crippen LogP contribution in [0.25, 0.3) is 0 Å². The van der Waals surface area contributed by atoms with E-state index in [1.165, 1.54) is 5.56 Å². The fourth-order valence-corrected chi connectivity index (χ4v) is 6.10. The molecule has 2 amide bonds. The van der Waals surface area contributed by atoms with E-state index in [4.69, 9.17) is 23.2 Å². The highest BCUT2D eigenvalue weighted by atomic mass is 35.5. The van der Waals surface area contributed by atoms with E-state index >= 15 is 0 Å². The number of H-pyrrole nitrogens is 1. The van der Waals surface area contributed by atoms with Gasteiger partial charge >= 0.3 is 0 Å². The van der Waals surface area contributed by atoms with E-state index in [0.29, 0.717) is 29.6 Å². The average Bonchev–Trinajstić information content (AvgIpc) is 3.42. The van der Waals surface area contributed by atoms with Crippen molar-refractivity contribution in [2.75, 3.05) is 37.6 Å². The van der Waals surface area contributed by atoms with Crippen molar-refractivity contribution < 1.29 is 9.59 Å². The predicted octanol–water partition coefficient (Wildman–Crippen LogP) is 3.33. The molecule has 5 rings (SSSR count). The number of aryl methyl sites for hydroxylation is 1. The van der Waals surface area contributed by atoms with Crippen LogP contribution < -0.4 is 4.90 Å². The van der Waals surface area contributed by atoms with Crippen molar-refractivity contribution >= 4 is 40.7 Å². The molecule has 3 heterocycles. The zero-order valence-corrected chi connectivity index (χ0v) is 20.3. The maximum absolute atomic E-state index is 13.3. The van der Waals surface area contributed by atoms with Gasteiger partial charge < -0.3 is 14.7 Å². The third kappa shape index (κ3) is 4.45. The fourth-order valence-electron chi connectivity index (χ4n) is 5.47. The van der Waals surface area contributed by atoms with Crippen LogP contribution >= 0.6 is 23.2 Å². The lowest BCUT2D eigenvalue weighted by atomic mass is 9.92. The van der Waals surface area contributed by atoms with Crippen LogP contribution in [0.2, 0.25) is 10.0 Å². The lowest BCUT2D eigenvalue weighted by Gasteiger charge is -2.36. The smallest absolute Gasteiger partial charge is 0.226 e. The number of hydrogen-bond donors (Lipinski definition) is 1. The molecule has 0 bridgehead atoms. The van der Waals surface area contributed by atoms with Gasteiger partial charge in [0.15, 0.2) is 0 Å². The van der Waals surface area contributed by atoms with Crippen LogP contribution in [-0.4, -0.2) is 70.6 Å². The molecule has 0 saturated carbocycles. The van der Waals surface area contributed by atoms with E-state index in [-0.39, 0.29) is 23.8 Å². The summed E-state index contributed by atoms with van der Waals surface area (Å²) in [5.74, 6) is 0.231. The first-order valence-electron chi connectivity index (χ1n) is 11.7. The van der Waals surface area contributed by atoms with Crippen LogP contribution in [0.15, 0.2) is 18.3 Å². The number of carbonyl (C=O) groups is 2. The van der Waals surface area contributed by atoms with Gasteiger partial charge in [-0.05, 0) is 55.4 Å². The summed E-state index contributed by atoms with van der Waals surface area (Å²) in [6.07, 6.45) is 6.10. The second kappa shape index (κ2) is 9.18. The second-order valence-corrected chi connectivity index (χ2v) is 10.2. The van der Waals surface area contributed by atoms with Gasteiger partial charge in [-0.15, -0.1) is 0 Å². The van der Waals surface area contributed by atoms with Gasteiger partial charge in [0.2, 0.25) is 11.8 Å². The van der Waals surface area contributed by atoms with E-state index in [1.807, 2.05) is 23.2 Å². The molecule has 33 heavy (non-hydrogen) atoms. The Morgan fingerprint density at radius 1 is 1.12 bits per heavy atom. The van der Waals surface area contributed by atoms with E-state index in [9.17, 15) is 9.59 Å². The summed E-state index contributed by atoms with van der Waals surface area (Å²) in [7, 11) is 0. The minimum Gasteiger partial charge on any atom is -0.368 e. The summed E-state index contributed by atoms with van der Waals surface area (Å²) in [6, 6.07) is 4.14. The van der Waals surface area contributed by atoms with Crippen molar-refractivity contribution in [1.82, 2.24) is 20.0 Å². The molecule has 3 aliphatic rings. The largest absolute Gasteiger partial charge is 0.368 e. The zero-order chi connectivity index (χ0) is 23.1. The van der Waals surface area contributed by atoms with Crippen molar-refractivity contribution in [3.8, 4) is 0 Å². The SMILES string of the molecule is CC(=O)N1CCN(c2cc(Cl)c(C[C@@H]3CCN(C4CCc5n[nH]cc5C4)C3=O)c(Cl)c2)CC1. The zero-order valence-electron chi connectivity index (χ0n) is 18.8. The predicted molar refractivity (Wildman–Crippen MR) is 129 cm³/mol. The number of anilines is 1. The molecule has 0 radical (unpaired) electrons. The van der Waals surface area contributed by atoms with Gasteiger partial charge in [-0.2, -0.15) is 5.10 Å². The third-order valence-corrected chi connectivity index (χ3v) is 8.11. The Bertz CT molecular complexity index is 1040. The van der Waals surface area contributed by atoms with Gasteiger partial charge in [-0.25, -0.2) is 0 Å².